The molecule has 0 saturated carbocycles. The molecule has 7 nitrogen and oxygen atoms in total. The fourth-order valence-electron chi connectivity index (χ4n) is 2.24. The summed E-state index contributed by atoms with van der Waals surface area (Å²) in [5.74, 6) is -1.31. The number of alkyl halides is 3. The van der Waals surface area contributed by atoms with Gasteiger partial charge in [0.1, 0.15) is 0 Å². The summed E-state index contributed by atoms with van der Waals surface area (Å²) in [7, 11) is 2.72. The number of hydrogen-bond donors (Lipinski definition) is 2. The molecule has 25 heavy (non-hydrogen) atoms. The van der Waals surface area contributed by atoms with Crippen molar-refractivity contribution in [2.24, 2.45) is 7.05 Å². The van der Waals surface area contributed by atoms with E-state index in [1.165, 1.54) is 32.6 Å². The second-order valence-corrected chi connectivity index (χ2v) is 5.38. The number of carbonyl (C=O) groups excluding carboxylic acids is 1. The van der Waals surface area contributed by atoms with Crippen molar-refractivity contribution in [1.29, 1.82) is 0 Å². The predicted molar refractivity (Wildman–Crippen MR) is 80.4 cm³/mol. The van der Waals surface area contributed by atoms with E-state index < -0.39 is 29.9 Å². The summed E-state index contributed by atoms with van der Waals surface area (Å²) >= 11 is 0. The lowest BCUT2D eigenvalue weighted by Gasteiger charge is -2.29. The number of halogens is 3. The summed E-state index contributed by atoms with van der Waals surface area (Å²) in [4.78, 5) is 19.4. The van der Waals surface area contributed by atoms with Crippen LogP contribution < -0.4 is 10.1 Å². The first-order valence-corrected chi connectivity index (χ1v) is 7.20. The Balaban J connectivity index is 2.11. The van der Waals surface area contributed by atoms with Crippen LogP contribution in [0, 0.1) is 0 Å². The van der Waals surface area contributed by atoms with Crippen LogP contribution in [0.4, 0.5) is 13.2 Å². The van der Waals surface area contributed by atoms with Crippen molar-refractivity contribution in [3.8, 4) is 5.88 Å². The van der Waals surface area contributed by atoms with Gasteiger partial charge in [-0.1, -0.05) is 0 Å². The maximum absolute atomic E-state index is 13.4. The zero-order chi connectivity index (χ0) is 18.7. The Labute approximate surface area is 141 Å². The van der Waals surface area contributed by atoms with E-state index in [0.29, 0.717) is 11.4 Å². The predicted octanol–water partition coefficient (Wildman–Crippen LogP) is 1.28. The number of aliphatic hydroxyl groups is 1. The maximum atomic E-state index is 13.4. The number of amides is 1. The molecule has 2 aromatic heterocycles. The first-order valence-electron chi connectivity index (χ1n) is 7.20. The van der Waals surface area contributed by atoms with Crippen LogP contribution in [0.2, 0.25) is 0 Å². The molecule has 2 rings (SSSR count). The van der Waals surface area contributed by atoms with Gasteiger partial charge in [0.25, 0.3) is 0 Å². The van der Waals surface area contributed by atoms with E-state index in [2.05, 4.69) is 15.3 Å². The van der Waals surface area contributed by atoms with Crippen molar-refractivity contribution in [2.75, 3.05) is 7.11 Å². The van der Waals surface area contributed by atoms with Gasteiger partial charge in [0.15, 0.2) is 5.82 Å². The van der Waals surface area contributed by atoms with Gasteiger partial charge in [0.05, 0.1) is 13.5 Å². The van der Waals surface area contributed by atoms with Gasteiger partial charge >= 0.3 is 6.18 Å². The third kappa shape index (κ3) is 4.08. The third-order valence-corrected chi connectivity index (χ3v) is 3.57. The van der Waals surface area contributed by atoms with Crippen molar-refractivity contribution in [2.45, 2.75) is 24.7 Å². The average Bonchev–Trinajstić information content (AvgIpc) is 2.98. The monoisotopic (exact) mass is 358 g/mol. The summed E-state index contributed by atoms with van der Waals surface area (Å²) in [6.45, 7) is -0.0355. The maximum Gasteiger partial charge on any atom is 0.425 e. The van der Waals surface area contributed by atoms with Crippen molar-refractivity contribution in [3.63, 3.8) is 0 Å². The number of rotatable bonds is 6. The van der Waals surface area contributed by atoms with Crippen LogP contribution in [0.15, 0.2) is 30.7 Å². The molecule has 2 aromatic rings. The number of nitrogens with zero attached hydrogens (tertiary/aromatic N) is 3. The van der Waals surface area contributed by atoms with Crippen LogP contribution in [0.3, 0.4) is 0 Å². The molecule has 10 heteroatoms. The van der Waals surface area contributed by atoms with Gasteiger partial charge in [-0.15, -0.1) is 0 Å². The van der Waals surface area contributed by atoms with Crippen LogP contribution in [0.25, 0.3) is 0 Å². The average molecular weight is 358 g/mol. The zero-order valence-electron chi connectivity index (χ0n) is 13.5. The molecule has 0 aliphatic heterocycles. The summed E-state index contributed by atoms with van der Waals surface area (Å²) in [6, 6.07) is 3.12. The first kappa shape index (κ1) is 18.7. The van der Waals surface area contributed by atoms with Gasteiger partial charge < -0.3 is 19.7 Å². The standard InChI is InChI=1S/C15H17F3N4O3/c1-22-6-5-20-13(22)14(24,15(16,17)18)8-11(23)21-9-10-3-4-19-12(7-10)25-2/h3-7,24H,8-9H2,1-2H3,(H,21,23). The topological polar surface area (TPSA) is 89.3 Å². The second-order valence-electron chi connectivity index (χ2n) is 5.38. The number of carbonyl (C=O) groups is 1. The molecule has 0 bridgehead atoms. The summed E-state index contributed by atoms with van der Waals surface area (Å²) in [5.41, 5.74) is -2.79. The molecule has 1 amide bonds. The summed E-state index contributed by atoms with van der Waals surface area (Å²) in [5, 5.41) is 12.5. The molecule has 0 saturated heterocycles. The number of imidazole rings is 1. The number of nitrogens with one attached hydrogen (secondary N) is 1. The minimum Gasteiger partial charge on any atom is -0.481 e. The van der Waals surface area contributed by atoms with E-state index in [1.807, 2.05) is 0 Å². The molecule has 2 heterocycles. The van der Waals surface area contributed by atoms with E-state index >= 15 is 0 Å². The molecule has 0 aliphatic rings. The van der Waals surface area contributed by atoms with Crippen molar-refractivity contribution in [3.05, 3.63) is 42.1 Å². The van der Waals surface area contributed by atoms with Gasteiger partial charge in [-0.25, -0.2) is 9.97 Å². The smallest absolute Gasteiger partial charge is 0.425 e. The Hall–Kier alpha value is -2.62. The van der Waals surface area contributed by atoms with E-state index in [-0.39, 0.29) is 6.54 Å². The van der Waals surface area contributed by atoms with Gasteiger partial charge in [-0.2, -0.15) is 13.2 Å². The lowest BCUT2D eigenvalue weighted by Crippen LogP contribution is -2.47. The zero-order valence-corrected chi connectivity index (χ0v) is 13.5. The highest BCUT2D eigenvalue weighted by Crippen LogP contribution is 2.40. The Morgan fingerprint density at radius 2 is 2.08 bits per heavy atom. The van der Waals surface area contributed by atoms with Crippen molar-refractivity contribution in [1.82, 2.24) is 19.9 Å². The summed E-state index contributed by atoms with van der Waals surface area (Å²) < 4.78 is 46.0. The molecular formula is C15H17F3N4O3. The fourth-order valence-corrected chi connectivity index (χ4v) is 2.24. The molecule has 0 spiro atoms. The van der Waals surface area contributed by atoms with Gasteiger partial charge in [-0.05, 0) is 11.6 Å². The molecule has 1 atom stereocenters. The van der Waals surface area contributed by atoms with Gasteiger partial charge in [0, 0.05) is 38.2 Å². The van der Waals surface area contributed by atoms with Crippen molar-refractivity contribution >= 4 is 5.91 Å². The van der Waals surface area contributed by atoms with E-state index in [1.54, 1.807) is 6.07 Å². The number of hydrogen-bond acceptors (Lipinski definition) is 5. The van der Waals surface area contributed by atoms with Crippen LogP contribution in [0.5, 0.6) is 5.88 Å². The normalized spacial score (nSPS) is 14.0. The van der Waals surface area contributed by atoms with Gasteiger partial charge in [0.2, 0.25) is 17.4 Å². The number of aromatic nitrogens is 3. The molecule has 0 aromatic carbocycles. The van der Waals surface area contributed by atoms with E-state index in [0.717, 1.165) is 10.8 Å². The fraction of sp³-hybridized carbons (Fsp3) is 0.400. The van der Waals surface area contributed by atoms with E-state index in [4.69, 9.17) is 4.74 Å². The van der Waals surface area contributed by atoms with E-state index in [9.17, 15) is 23.1 Å². The Bertz CT molecular complexity index is 748. The SMILES string of the molecule is COc1cc(CNC(=O)CC(O)(c2nccn2C)C(F)(F)F)ccn1. The minimum atomic E-state index is -5.07. The lowest BCUT2D eigenvalue weighted by molar-refractivity contribution is -0.271. The van der Waals surface area contributed by atoms with Gasteiger partial charge in [-0.3, -0.25) is 4.79 Å². The van der Waals surface area contributed by atoms with Crippen LogP contribution in [0.1, 0.15) is 17.8 Å². The molecule has 0 radical (unpaired) electrons. The first-order chi connectivity index (χ1) is 11.7. The third-order valence-electron chi connectivity index (χ3n) is 3.57. The second kappa shape index (κ2) is 7.09. The molecule has 2 N–H and O–H groups in total. The molecule has 0 fully saturated rings. The number of pyridine rings is 1. The minimum absolute atomic E-state index is 0.0355. The number of methoxy groups -OCH3 is 1. The van der Waals surface area contributed by atoms with Crippen LogP contribution in [-0.4, -0.2) is 38.8 Å². The Morgan fingerprint density at radius 3 is 2.64 bits per heavy atom. The number of ether oxygens (including phenoxy) is 1. The largest absolute Gasteiger partial charge is 0.481 e. The van der Waals surface area contributed by atoms with Crippen LogP contribution >= 0.6 is 0 Å². The molecule has 136 valence electrons. The van der Waals surface area contributed by atoms with Crippen LogP contribution in [-0.2, 0) is 24.0 Å². The van der Waals surface area contributed by atoms with Crippen molar-refractivity contribution < 1.29 is 27.8 Å². The summed E-state index contributed by atoms with van der Waals surface area (Å²) in [6.07, 6.45) is -2.45. The quantitative estimate of drug-likeness (QED) is 0.812. The number of aryl methyl sites for hydroxylation is 1. The Morgan fingerprint density at radius 1 is 1.36 bits per heavy atom. The Kier molecular flexibility index (Phi) is 5.31. The highest BCUT2D eigenvalue weighted by Gasteiger charge is 2.58. The molecule has 1 unspecified atom stereocenters. The molecule has 0 aliphatic carbocycles. The lowest BCUT2D eigenvalue weighted by atomic mass is 9.97. The highest BCUT2D eigenvalue weighted by atomic mass is 19.4. The highest BCUT2D eigenvalue weighted by molar-refractivity contribution is 5.77. The molecular weight excluding hydrogens is 341 g/mol.